The van der Waals surface area contributed by atoms with Gasteiger partial charge in [-0.1, -0.05) is 39.3 Å². The highest BCUT2D eigenvalue weighted by Gasteiger charge is 2.38. The van der Waals surface area contributed by atoms with Crippen LogP contribution in [0.25, 0.3) is 0 Å². The van der Waals surface area contributed by atoms with Crippen LogP contribution < -0.4 is 0 Å². The minimum Gasteiger partial charge on any atom is -0.392 e. The summed E-state index contributed by atoms with van der Waals surface area (Å²) in [5, 5.41) is 10.4. The number of hydrogen-bond acceptors (Lipinski definition) is 2. The molecule has 104 valence electrons. The molecule has 0 bridgehead atoms. The van der Waals surface area contributed by atoms with Crippen LogP contribution >= 0.6 is 0 Å². The van der Waals surface area contributed by atoms with Crippen molar-refractivity contribution in [2.24, 2.45) is 23.2 Å². The second-order valence-corrected chi connectivity index (χ2v) is 6.72. The van der Waals surface area contributed by atoms with Crippen molar-refractivity contribution in [3.63, 3.8) is 0 Å². The average Bonchev–Trinajstić information content (AvgIpc) is 2.43. The standard InChI is InChI=1S/C16H28O2/c1-10(2)15(12(4)17)14(18)9-13-8-7-11(3)16(13,5)6/h7,10,13-15,18H,8-9H2,1-6H3. The summed E-state index contributed by atoms with van der Waals surface area (Å²) in [6.45, 7) is 12.3. The van der Waals surface area contributed by atoms with Gasteiger partial charge in [-0.15, -0.1) is 0 Å². The number of carbonyl (C=O) groups excluding carboxylic acids is 1. The number of allylic oxidation sites excluding steroid dienone is 2. The Bertz CT molecular complexity index is 339. The maximum absolute atomic E-state index is 11.7. The highest BCUT2D eigenvalue weighted by Crippen LogP contribution is 2.45. The van der Waals surface area contributed by atoms with Crippen molar-refractivity contribution in [1.82, 2.24) is 0 Å². The minimum absolute atomic E-state index is 0.109. The number of aliphatic hydroxyl groups is 1. The molecule has 1 aliphatic rings. The SMILES string of the molecule is CC(=O)C(C(C)C)C(O)CC1CC=C(C)C1(C)C. The first-order chi connectivity index (χ1) is 8.17. The van der Waals surface area contributed by atoms with E-state index in [1.807, 2.05) is 13.8 Å². The van der Waals surface area contributed by atoms with Crippen molar-refractivity contribution in [1.29, 1.82) is 0 Å². The number of carbonyl (C=O) groups is 1. The molecule has 0 saturated carbocycles. The fourth-order valence-electron chi connectivity index (χ4n) is 3.21. The summed E-state index contributed by atoms with van der Waals surface area (Å²) in [6.07, 6.45) is 3.52. The quantitative estimate of drug-likeness (QED) is 0.759. The Kier molecular flexibility index (Phi) is 4.77. The summed E-state index contributed by atoms with van der Waals surface area (Å²) in [5.74, 6) is 0.545. The van der Waals surface area contributed by atoms with Gasteiger partial charge < -0.3 is 5.11 Å². The van der Waals surface area contributed by atoms with E-state index in [1.54, 1.807) is 6.92 Å². The van der Waals surface area contributed by atoms with Crippen molar-refractivity contribution >= 4 is 5.78 Å². The van der Waals surface area contributed by atoms with E-state index < -0.39 is 6.10 Å². The highest BCUT2D eigenvalue weighted by molar-refractivity contribution is 5.79. The molecule has 0 aromatic rings. The maximum Gasteiger partial charge on any atom is 0.135 e. The second kappa shape index (κ2) is 5.56. The van der Waals surface area contributed by atoms with E-state index in [-0.39, 0.29) is 23.0 Å². The monoisotopic (exact) mass is 252 g/mol. The molecule has 0 aliphatic heterocycles. The smallest absolute Gasteiger partial charge is 0.135 e. The largest absolute Gasteiger partial charge is 0.392 e. The zero-order valence-electron chi connectivity index (χ0n) is 12.7. The molecule has 1 aliphatic carbocycles. The molecule has 2 heteroatoms. The number of Topliss-reactive ketones (excluding diaryl/α,β-unsaturated/α-hetero) is 1. The predicted octanol–water partition coefficient (Wildman–Crippen LogP) is 3.59. The zero-order valence-corrected chi connectivity index (χ0v) is 12.7. The first kappa shape index (κ1) is 15.4. The lowest BCUT2D eigenvalue weighted by Gasteiger charge is -2.33. The average molecular weight is 252 g/mol. The number of hydrogen-bond donors (Lipinski definition) is 1. The van der Waals surface area contributed by atoms with E-state index in [1.165, 1.54) is 5.57 Å². The van der Waals surface area contributed by atoms with Gasteiger partial charge in [0.05, 0.1) is 6.10 Å². The van der Waals surface area contributed by atoms with Gasteiger partial charge in [-0.2, -0.15) is 0 Å². The molecular formula is C16H28O2. The van der Waals surface area contributed by atoms with Crippen LogP contribution in [-0.4, -0.2) is 17.0 Å². The third kappa shape index (κ3) is 3.03. The predicted molar refractivity (Wildman–Crippen MR) is 75.3 cm³/mol. The van der Waals surface area contributed by atoms with Crippen LogP contribution in [0.3, 0.4) is 0 Å². The molecule has 0 heterocycles. The molecule has 0 saturated heterocycles. The molecule has 0 amide bonds. The van der Waals surface area contributed by atoms with E-state index in [4.69, 9.17) is 0 Å². The van der Waals surface area contributed by atoms with Crippen LogP contribution in [0.5, 0.6) is 0 Å². The molecule has 0 radical (unpaired) electrons. The molecule has 18 heavy (non-hydrogen) atoms. The summed E-state index contributed by atoms with van der Waals surface area (Å²) in [4.78, 5) is 11.7. The van der Waals surface area contributed by atoms with Crippen molar-refractivity contribution in [2.45, 2.75) is 60.5 Å². The Labute approximate surface area is 111 Å². The summed E-state index contributed by atoms with van der Waals surface area (Å²) in [5.41, 5.74) is 1.56. The molecule has 2 nitrogen and oxygen atoms in total. The minimum atomic E-state index is -0.508. The van der Waals surface area contributed by atoms with Crippen LogP contribution in [0.2, 0.25) is 0 Å². The molecule has 3 atom stereocenters. The lowest BCUT2D eigenvalue weighted by atomic mass is 9.72. The Hall–Kier alpha value is -0.630. The molecular weight excluding hydrogens is 224 g/mol. The van der Waals surface area contributed by atoms with Gasteiger partial charge in [-0.05, 0) is 43.9 Å². The summed E-state index contributed by atoms with van der Waals surface area (Å²) >= 11 is 0. The molecule has 0 fully saturated rings. The number of ketones is 1. The van der Waals surface area contributed by atoms with E-state index in [9.17, 15) is 9.90 Å². The number of aliphatic hydroxyl groups excluding tert-OH is 1. The lowest BCUT2D eigenvalue weighted by Crippen LogP contribution is -2.35. The normalized spacial score (nSPS) is 26.0. The maximum atomic E-state index is 11.7. The molecule has 3 unspecified atom stereocenters. The van der Waals surface area contributed by atoms with Crippen LogP contribution in [0.1, 0.15) is 54.4 Å². The van der Waals surface area contributed by atoms with Gasteiger partial charge in [-0.3, -0.25) is 4.79 Å². The van der Waals surface area contributed by atoms with E-state index in [0.717, 1.165) is 12.8 Å². The Balaban J connectivity index is 2.71. The zero-order chi connectivity index (χ0) is 14.1. The van der Waals surface area contributed by atoms with E-state index in [2.05, 4.69) is 26.8 Å². The van der Waals surface area contributed by atoms with Gasteiger partial charge in [-0.25, -0.2) is 0 Å². The molecule has 0 spiro atoms. The topological polar surface area (TPSA) is 37.3 Å². The van der Waals surface area contributed by atoms with Gasteiger partial charge in [0.25, 0.3) is 0 Å². The van der Waals surface area contributed by atoms with Gasteiger partial charge in [0.2, 0.25) is 0 Å². The van der Waals surface area contributed by atoms with Gasteiger partial charge in [0, 0.05) is 5.92 Å². The number of rotatable bonds is 5. The van der Waals surface area contributed by atoms with Crippen LogP contribution in [-0.2, 0) is 4.79 Å². The van der Waals surface area contributed by atoms with Gasteiger partial charge in [0.15, 0.2) is 0 Å². The molecule has 0 aromatic heterocycles. The Morgan fingerprint density at radius 2 is 2.06 bits per heavy atom. The molecule has 0 aromatic carbocycles. The Morgan fingerprint density at radius 1 is 1.50 bits per heavy atom. The van der Waals surface area contributed by atoms with Crippen molar-refractivity contribution in [3.05, 3.63) is 11.6 Å². The third-order valence-corrected chi connectivity index (χ3v) is 4.87. The van der Waals surface area contributed by atoms with Gasteiger partial charge in [0.1, 0.15) is 5.78 Å². The highest BCUT2D eigenvalue weighted by atomic mass is 16.3. The lowest BCUT2D eigenvalue weighted by molar-refractivity contribution is -0.126. The third-order valence-electron chi connectivity index (χ3n) is 4.87. The first-order valence-electron chi connectivity index (χ1n) is 7.03. The van der Waals surface area contributed by atoms with Crippen molar-refractivity contribution in [2.75, 3.05) is 0 Å². The van der Waals surface area contributed by atoms with Gasteiger partial charge >= 0.3 is 0 Å². The molecule has 1 N–H and O–H groups in total. The van der Waals surface area contributed by atoms with E-state index >= 15 is 0 Å². The first-order valence-corrected chi connectivity index (χ1v) is 7.03. The molecule has 1 rings (SSSR count). The summed E-state index contributed by atoms with van der Waals surface area (Å²) in [7, 11) is 0. The van der Waals surface area contributed by atoms with Crippen molar-refractivity contribution in [3.8, 4) is 0 Å². The van der Waals surface area contributed by atoms with E-state index in [0.29, 0.717) is 5.92 Å². The fraction of sp³-hybridized carbons (Fsp3) is 0.812. The second-order valence-electron chi connectivity index (χ2n) is 6.72. The van der Waals surface area contributed by atoms with Crippen molar-refractivity contribution < 1.29 is 9.90 Å². The summed E-state index contributed by atoms with van der Waals surface area (Å²) in [6, 6.07) is 0. The van der Waals surface area contributed by atoms with Crippen LogP contribution in [0.15, 0.2) is 11.6 Å². The van der Waals surface area contributed by atoms with Crippen LogP contribution in [0, 0.1) is 23.2 Å². The summed E-state index contributed by atoms with van der Waals surface area (Å²) < 4.78 is 0. The fourth-order valence-corrected chi connectivity index (χ4v) is 3.21. The Morgan fingerprint density at radius 3 is 2.39 bits per heavy atom. The van der Waals surface area contributed by atoms with Crippen LogP contribution in [0.4, 0.5) is 0 Å².